The van der Waals surface area contributed by atoms with Crippen LogP contribution in [0.5, 0.6) is 0 Å². The van der Waals surface area contributed by atoms with Gasteiger partial charge in [-0.2, -0.15) is 47.2 Å². The number of hydrogen-bond acceptors (Lipinski definition) is 0. The van der Waals surface area contributed by atoms with Crippen molar-refractivity contribution >= 4 is 4.61 Å². The van der Waals surface area contributed by atoms with Gasteiger partial charge in [-0.3, -0.25) is 0 Å². The summed E-state index contributed by atoms with van der Waals surface area (Å²) in [7, 11) is 0. The summed E-state index contributed by atoms with van der Waals surface area (Å²) in [5, 5.41) is 0. The van der Waals surface area contributed by atoms with Crippen molar-refractivity contribution in [2.75, 3.05) is 0 Å². The van der Waals surface area contributed by atoms with Gasteiger partial charge in [-0.25, -0.2) is 0 Å². The van der Waals surface area contributed by atoms with Crippen LogP contribution in [0.1, 0.15) is 27.8 Å². The van der Waals surface area contributed by atoms with Crippen LogP contribution in [0.2, 0.25) is 0 Å². The quantitative estimate of drug-likeness (QED) is 0.573. The molecule has 0 N–H and O–H groups in total. The van der Waals surface area contributed by atoms with Crippen molar-refractivity contribution in [3.8, 4) is 0 Å². The molecule has 0 aromatic heterocycles. The Morgan fingerprint density at radius 1 is 1.00 bits per heavy atom. The van der Waals surface area contributed by atoms with Gasteiger partial charge in [0.15, 0.2) is 0 Å². The van der Waals surface area contributed by atoms with E-state index in [0.29, 0.717) is 0 Å². The van der Waals surface area contributed by atoms with E-state index in [1.54, 1.807) is 0 Å². The normalized spacial score (nSPS) is 9.65. The third-order valence-corrected chi connectivity index (χ3v) is 3.64. The zero-order valence-corrected chi connectivity index (χ0v) is 13.8. The van der Waals surface area contributed by atoms with Crippen molar-refractivity contribution in [3.63, 3.8) is 0 Å². The standard InChI is InChI=1S/C12H15.C7H6.Rh/c1-5-11-8-12(6-2)10(4)7-9(11)3;1-7-5-3-2-4-6-7;/h7H,1-2,5-6H2,3-4H3;1-6H;/q-3;;. The van der Waals surface area contributed by atoms with Gasteiger partial charge in [-0.1, -0.05) is 13.8 Å². The van der Waals surface area contributed by atoms with Crippen LogP contribution in [0.25, 0.3) is 0 Å². The van der Waals surface area contributed by atoms with Gasteiger partial charge in [0.2, 0.25) is 0 Å². The summed E-state index contributed by atoms with van der Waals surface area (Å²) < 4.78 is 1.97. The van der Waals surface area contributed by atoms with E-state index < -0.39 is 0 Å². The maximum atomic E-state index is 3.87. The molecule has 2 aromatic rings. The number of aryl methyl sites for hydroxylation is 2. The summed E-state index contributed by atoms with van der Waals surface area (Å²) >= 11 is 2.74. The molecule has 0 heterocycles. The van der Waals surface area contributed by atoms with Crippen LogP contribution in [0, 0.1) is 33.8 Å². The summed E-state index contributed by atoms with van der Waals surface area (Å²) in [4.78, 5) is 0. The summed E-state index contributed by atoms with van der Waals surface area (Å²) in [6.07, 6.45) is 1.64. The third-order valence-electron chi connectivity index (χ3n) is 3.10. The molecule has 0 spiro atoms. The summed E-state index contributed by atoms with van der Waals surface area (Å²) in [6, 6.07) is 15.7. The van der Waals surface area contributed by atoms with E-state index in [1.165, 1.54) is 27.8 Å². The van der Waals surface area contributed by atoms with Crippen LogP contribution in [0.3, 0.4) is 0 Å². The average molecular weight is 352 g/mol. The molecule has 0 radical (unpaired) electrons. The first-order valence-electron chi connectivity index (χ1n) is 6.68. The van der Waals surface area contributed by atoms with Crippen molar-refractivity contribution in [3.05, 3.63) is 84.1 Å². The molecule has 0 bridgehead atoms. The van der Waals surface area contributed by atoms with E-state index in [4.69, 9.17) is 0 Å². The Bertz CT molecular complexity index is 516. The van der Waals surface area contributed by atoms with Crippen molar-refractivity contribution < 1.29 is 17.9 Å². The first-order valence-corrected chi connectivity index (χ1v) is 7.62. The molecule has 1 heteroatoms. The first kappa shape index (κ1) is 17.0. The van der Waals surface area contributed by atoms with Gasteiger partial charge in [0.05, 0.1) is 0 Å². The fraction of sp³-hybridized carbons (Fsp3) is 0.211. The molecular weight excluding hydrogens is 331 g/mol. The Hall–Kier alpha value is -1.07. The van der Waals surface area contributed by atoms with Gasteiger partial charge in [0, 0.05) is 0 Å². The summed E-state index contributed by atoms with van der Waals surface area (Å²) in [5.74, 6) is 0. The van der Waals surface area contributed by atoms with Gasteiger partial charge in [-0.05, 0) is 0 Å². The zero-order chi connectivity index (χ0) is 15.0. The monoisotopic (exact) mass is 352 g/mol. The second-order valence-electron chi connectivity index (χ2n) is 4.60. The fourth-order valence-corrected chi connectivity index (χ4v) is 2.23. The molecule has 2 rings (SSSR count). The SMILES string of the molecule is [CH2-]Cc1[c-]c(C[CH2-])c(C)cc1C.[Rh]=[CH]c1ccccc1. The van der Waals surface area contributed by atoms with Gasteiger partial charge in [0.1, 0.15) is 0 Å². The number of hydrogen-bond donors (Lipinski definition) is 0. The number of benzene rings is 2. The third kappa shape index (κ3) is 5.14. The molecule has 0 fully saturated rings. The molecule has 0 unspecified atom stereocenters. The Kier molecular flexibility index (Phi) is 7.62. The molecule has 0 amide bonds. The second kappa shape index (κ2) is 8.98. The minimum atomic E-state index is 0.819. The van der Waals surface area contributed by atoms with Gasteiger partial charge in [0.25, 0.3) is 0 Å². The Labute approximate surface area is 133 Å². The second-order valence-corrected chi connectivity index (χ2v) is 5.07. The van der Waals surface area contributed by atoms with Crippen molar-refractivity contribution in [1.29, 1.82) is 0 Å². The van der Waals surface area contributed by atoms with Gasteiger partial charge < -0.3 is 13.8 Å². The molecular formula is C19H21Rh-3. The van der Waals surface area contributed by atoms with E-state index in [1.807, 2.05) is 22.8 Å². The molecule has 0 aliphatic carbocycles. The molecule has 0 aliphatic rings. The first-order chi connectivity index (χ1) is 9.62. The molecule has 2 aromatic carbocycles. The molecule has 0 saturated heterocycles. The van der Waals surface area contributed by atoms with Crippen molar-refractivity contribution in [2.24, 2.45) is 0 Å². The topological polar surface area (TPSA) is 0 Å². The molecule has 109 valence electrons. The van der Waals surface area contributed by atoms with Crippen LogP contribution >= 0.6 is 0 Å². The van der Waals surface area contributed by atoms with E-state index >= 15 is 0 Å². The van der Waals surface area contributed by atoms with E-state index in [9.17, 15) is 0 Å². The minimum absolute atomic E-state index is 0.819. The Balaban J connectivity index is 0.000000217. The molecule has 0 atom stereocenters. The predicted molar refractivity (Wildman–Crippen MR) is 84.5 cm³/mol. The van der Waals surface area contributed by atoms with E-state index in [2.05, 4.69) is 69.8 Å². The van der Waals surface area contributed by atoms with Crippen molar-refractivity contribution in [1.82, 2.24) is 0 Å². The predicted octanol–water partition coefficient (Wildman–Crippen LogP) is 4.24. The zero-order valence-electron chi connectivity index (χ0n) is 12.2. The number of rotatable bonds is 3. The van der Waals surface area contributed by atoms with Crippen LogP contribution in [-0.4, -0.2) is 4.61 Å². The Morgan fingerprint density at radius 3 is 1.85 bits per heavy atom. The molecule has 0 aliphatic heterocycles. The fourth-order valence-electron chi connectivity index (χ4n) is 1.91. The van der Waals surface area contributed by atoms with Crippen LogP contribution in [0.15, 0.2) is 36.4 Å². The molecule has 20 heavy (non-hydrogen) atoms. The molecule has 0 saturated carbocycles. The van der Waals surface area contributed by atoms with Gasteiger partial charge >= 0.3 is 58.4 Å². The average Bonchev–Trinajstić information content (AvgIpc) is 2.49. The maximum absolute atomic E-state index is 3.87. The Morgan fingerprint density at radius 2 is 1.50 bits per heavy atom. The van der Waals surface area contributed by atoms with Gasteiger partial charge in [-0.15, -0.1) is 0 Å². The van der Waals surface area contributed by atoms with Crippen LogP contribution < -0.4 is 0 Å². The molecule has 0 nitrogen and oxygen atoms in total. The van der Waals surface area contributed by atoms with Crippen molar-refractivity contribution in [2.45, 2.75) is 26.7 Å². The summed E-state index contributed by atoms with van der Waals surface area (Å²) in [6.45, 7) is 12.0. The van der Waals surface area contributed by atoms with E-state index in [0.717, 1.165) is 12.8 Å². The summed E-state index contributed by atoms with van der Waals surface area (Å²) in [5.41, 5.74) is 6.26. The van der Waals surface area contributed by atoms with Crippen LogP contribution in [-0.2, 0) is 30.7 Å². The van der Waals surface area contributed by atoms with E-state index in [-0.39, 0.29) is 0 Å². The van der Waals surface area contributed by atoms with Crippen LogP contribution in [0.4, 0.5) is 0 Å².